The van der Waals surface area contributed by atoms with E-state index in [9.17, 15) is 0 Å². The monoisotopic (exact) mass is 684 g/mol. The topological polar surface area (TPSA) is 13.1 Å². The number of rotatable bonds is 4. The standard InChI is InChI=1S/C48H28OS2/c1-3-21-42-37(14-1)38-25-24-30(28-43(38)49-42)29-10-5-12-32(26-29)35-17-7-19-39-40-20-8-18-36(48(40)51-47(35)39)33-13-6-11-31(27-33)34-16-9-23-45-46(34)41-15-2-4-22-44(41)50-45/h1-28H. The van der Waals surface area contributed by atoms with Crippen LogP contribution in [0.25, 0.3) is 107 Å². The van der Waals surface area contributed by atoms with Crippen LogP contribution in [0.1, 0.15) is 0 Å². The molecule has 51 heavy (non-hydrogen) atoms. The number of para-hydroxylation sites is 1. The zero-order chi connectivity index (χ0) is 33.5. The molecule has 0 amide bonds. The summed E-state index contributed by atoms with van der Waals surface area (Å²) in [5, 5.41) is 7.59. The van der Waals surface area contributed by atoms with Crippen molar-refractivity contribution in [1.82, 2.24) is 0 Å². The van der Waals surface area contributed by atoms with E-state index in [1.807, 2.05) is 34.8 Å². The predicted octanol–water partition coefficient (Wildman–Crippen LogP) is 15.0. The van der Waals surface area contributed by atoms with Crippen LogP contribution in [0.4, 0.5) is 0 Å². The van der Waals surface area contributed by atoms with Crippen molar-refractivity contribution in [2.45, 2.75) is 0 Å². The molecule has 3 heterocycles. The highest BCUT2D eigenvalue weighted by Gasteiger charge is 2.16. The van der Waals surface area contributed by atoms with E-state index in [1.54, 1.807) is 0 Å². The quantitative estimate of drug-likeness (QED) is 0.180. The molecule has 11 aromatic rings. The van der Waals surface area contributed by atoms with Crippen LogP contribution in [-0.4, -0.2) is 0 Å². The number of fused-ring (bicyclic) bond motifs is 9. The second-order valence-electron chi connectivity index (χ2n) is 13.2. The molecular formula is C48H28OS2. The zero-order valence-corrected chi connectivity index (χ0v) is 29.0. The largest absolute Gasteiger partial charge is 0.456 e. The Balaban J connectivity index is 1.03. The minimum Gasteiger partial charge on any atom is -0.456 e. The van der Waals surface area contributed by atoms with E-state index in [0.29, 0.717) is 0 Å². The molecule has 3 heteroatoms. The molecule has 0 saturated carbocycles. The Hall–Kier alpha value is -6.00. The lowest BCUT2D eigenvalue weighted by Gasteiger charge is -2.09. The average molecular weight is 685 g/mol. The zero-order valence-electron chi connectivity index (χ0n) is 27.4. The molecule has 0 radical (unpaired) electrons. The third-order valence-corrected chi connectivity index (χ3v) is 12.7. The molecule has 0 atom stereocenters. The van der Waals surface area contributed by atoms with Crippen molar-refractivity contribution in [2.24, 2.45) is 0 Å². The molecule has 3 aromatic heterocycles. The molecule has 238 valence electrons. The van der Waals surface area contributed by atoms with Gasteiger partial charge >= 0.3 is 0 Å². The van der Waals surface area contributed by atoms with Crippen molar-refractivity contribution in [3.8, 4) is 44.5 Å². The number of furan rings is 1. The van der Waals surface area contributed by atoms with Crippen LogP contribution in [0, 0.1) is 0 Å². The Bertz CT molecular complexity index is 3150. The predicted molar refractivity (Wildman–Crippen MR) is 221 cm³/mol. The summed E-state index contributed by atoms with van der Waals surface area (Å²) in [6.07, 6.45) is 0. The summed E-state index contributed by atoms with van der Waals surface area (Å²) in [6.45, 7) is 0. The van der Waals surface area contributed by atoms with Crippen molar-refractivity contribution in [2.75, 3.05) is 0 Å². The molecule has 0 unspecified atom stereocenters. The maximum Gasteiger partial charge on any atom is 0.136 e. The van der Waals surface area contributed by atoms with Gasteiger partial charge in [-0.1, -0.05) is 127 Å². The normalized spacial score (nSPS) is 11.9. The van der Waals surface area contributed by atoms with E-state index in [1.165, 1.54) is 79.3 Å². The second-order valence-corrected chi connectivity index (χ2v) is 15.3. The Morgan fingerprint density at radius 1 is 0.314 bits per heavy atom. The van der Waals surface area contributed by atoms with Crippen LogP contribution in [0.2, 0.25) is 0 Å². The van der Waals surface area contributed by atoms with Gasteiger partial charge in [0.1, 0.15) is 11.2 Å². The lowest BCUT2D eigenvalue weighted by atomic mass is 9.95. The molecule has 0 N–H and O–H groups in total. The molecule has 8 aromatic carbocycles. The van der Waals surface area contributed by atoms with Gasteiger partial charge < -0.3 is 4.42 Å². The molecule has 11 rings (SSSR count). The van der Waals surface area contributed by atoms with Gasteiger partial charge in [0.05, 0.1) is 0 Å². The molecule has 0 spiro atoms. The van der Waals surface area contributed by atoms with E-state index in [4.69, 9.17) is 4.42 Å². The first-order valence-electron chi connectivity index (χ1n) is 17.2. The molecule has 0 aliphatic rings. The third-order valence-electron chi connectivity index (χ3n) is 10.3. The summed E-state index contributed by atoms with van der Waals surface area (Å²) in [6, 6.07) is 61.9. The van der Waals surface area contributed by atoms with Crippen LogP contribution < -0.4 is 0 Å². The molecule has 0 fully saturated rings. The SMILES string of the molecule is c1cc(-c2ccc3c(c2)oc2ccccc23)cc(-c2cccc3c2sc2c(-c4cccc(-c5cccc6sc7ccccc7c56)c4)cccc23)c1. The fraction of sp³-hybridized carbons (Fsp3) is 0. The number of benzene rings is 8. The van der Waals surface area contributed by atoms with Gasteiger partial charge in [0.2, 0.25) is 0 Å². The fourth-order valence-electron chi connectivity index (χ4n) is 7.92. The second kappa shape index (κ2) is 11.3. The van der Waals surface area contributed by atoms with E-state index in [2.05, 4.69) is 158 Å². The van der Waals surface area contributed by atoms with Gasteiger partial charge in [-0.25, -0.2) is 0 Å². The van der Waals surface area contributed by atoms with Crippen molar-refractivity contribution in [3.63, 3.8) is 0 Å². The van der Waals surface area contributed by atoms with E-state index in [0.717, 1.165) is 27.5 Å². The maximum atomic E-state index is 6.24. The summed E-state index contributed by atoms with van der Waals surface area (Å²) >= 11 is 3.78. The van der Waals surface area contributed by atoms with Gasteiger partial charge in [0.25, 0.3) is 0 Å². The summed E-state index contributed by atoms with van der Waals surface area (Å²) in [5.74, 6) is 0. The Morgan fingerprint density at radius 2 is 0.843 bits per heavy atom. The Kier molecular flexibility index (Phi) is 6.36. The summed E-state index contributed by atoms with van der Waals surface area (Å²) < 4.78 is 11.5. The van der Waals surface area contributed by atoms with Gasteiger partial charge in [-0.05, 0) is 87.0 Å². The van der Waals surface area contributed by atoms with Gasteiger partial charge in [-0.15, -0.1) is 22.7 Å². The van der Waals surface area contributed by atoms with Crippen LogP contribution in [-0.2, 0) is 0 Å². The highest BCUT2D eigenvalue weighted by Crippen LogP contribution is 2.46. The first-order valence-corrected chi connectivity index (χ1v) is 18.9. The minimum absolute atomic E-state index is 0.919. The Labute approximate surface area is 302 Å². The molecule has 0 aliphatic heterocycles. The van der Waals surface area contributed by atoms with Crippen molar-refractivity contribution >= 4 is 85.0 Å². The number of hydrogen-bond acceptors (Lipinski definition) is 3. The molecule has 0 saturated heterocycles. The van der Waals surface area contributed by atoms with Crippen molar-refractivity contribution in [3.05, 3.63) is 170 Å². The highest BCUT2D eigenvalue weighted by atomic mass is 32.1. The van der Waals surface area contributed by atoms with Crippen LogP contribution in [0.15, 0.2) is 174 Å². The van der Waals surface area contributed by atoms with Gasteiger partial charge in [0, 0.05) is 51.1 Å². The molecule has 0 aliphatic carbocycles. The summed E-state index contributed by atoms with van der Waals surface area (Å²) in [5.41, 5.74) is 11.7. The van der Waals surface area contributed by atoms with E-state index in [-0.39, 0.29) is 0 Å². The van der Waals surface area contributed by atoms with Gasteiger partial charge in [0.15, 0.2) is 0 Å². The van der Waals surface area contributed by atoms with Crippen LogP contribution >= 0.6 is 22.7 Å². The van der Waals surface area contributed by atoms with Crippen molar-refractivity contribution < 1.29 is 4.42 Å². The average Bonchev–Trinajstić information content (AvgIpc) is 3.89. The van der Waals surface area contributed by atoms with E-state index < -0.39 is 0 Å². The van der Waals surface area contributed by atoms with E-state index >= 15 is 0 Å². The lowest BCUT2D eigenvalue weighted by Crippen LogP contribution is -1.83. The third kappa shape index (κ3) is 4.52. The fourth-order valence-corrected chi connectivity index (χ4v) is 10.4. The number of thiophene rings is 2. The molecule has 0 bridgehead atoms. The first kappa shape index (κ1) is 28.8. The van der Waals surface area contributed by atoms with Crippen molar-refractivity contribution in [1.29, 1.82) is 0 Å². The molecule has 1 nitrogen and oxygen atoms in total. The Morgan fingerprint density at radius 3 is 1.63 bits per heavy atom. The first-order chi connectivity index (χ1) is 25.3. The summed E-state index contributed by atoms with van der Waals surface area (Å²) in [7, 11) is 0. The minimum atomic E-state index is 0.919. The maximum absolute atomic E-state index is 6.24. The number of hydrogen-bond donors (Lipinski definition) is 0. The van der Waals surface area contributed by atoms with Crippen LogP contribution in [0.5, 0.6) is 0 Å². The highest BCUT2D eigenvalue weighted by molar-refractivity contribution is 7.27. The molecular weight excluding hydrogens is 657 g/mol. The van der Waals surface area contributed by atoms with Gasteiger partial charge in [-0.3, -0.25) is 0 Å². The smallest absolute Gasteiger partial charge is 0.136 e. The lowest BCUT2D eigenvalue weighted by molar-refractivity contribution is 0.669. The van der Waals surface area contributed by atoms with Gasteiger partial charge in [-0.2, -0.15) is 0 Å². The van der Waals surface area contributed by atoms with Crippen LogP contribution in [0.3, 0.4) is 0 Å². The summed E-state index contributed by atoms with van der Waals surface area (Å²) in [4.78, 5) is 0.